The minimum absolute atomic E-state index is 0.0514. The van der Waals surface area contributed by atoms with Crippen molar-refractivity contribution in [2.75, 3.05) is 6.79 Å². The third kappa shape index (κ3) is 3.72. The fourth-order valence-corrected chi connectivity index (χ4v) is 4.25. The van der Waals surface area contributed by atoms with Gasteiger partial charge in [-0.25, -0.2) is 0 Å². The second-order valence-corrected chi connectivity index (χ2v) is 8.60. The summed E-state index contributed by atoms with van der Waals surface area (Å²) in [5, 5.41) is 10.2. The summed E-state index contributed by atoms with van der Waals surface area (Å²) in [6.07, 6.45) is 0. The van der Waals surface area contributed by atoms with Crippen molar-refractivity contribution in [3.8, 4) is 29.1 Å². The first kappa shape index (κ1) is 20.6. The maximum atomic E-state index is 9.78. The van der Waals surface area contributed by atoms with E-state index in [0.29, 0.717) is 40.2 Å². The van der Waals surface area contributed by atoms with Crippen molar-refractivity contribution in [2.24, 2.45) is 5.73 Å². The number of hydrogen-bond donors (Lipinski definition) is 1. The summed E-state index contributed by atoms with van der Waals surface area (Å²) < 4.78 is 23.5. The van der Waals surface area contributed by atoms with E-state index in [2.05, 4.69) is 22.0 Å². The summed E-state index contributed by atoms with van der Waals surface area (Å²) in [5.41, 5.74) is 8.93. The first-order valence-corrected chi connectivity index (χ1v) is 10.9. The third-order valence-electron chi connectivity index (χ3n) is 5.31. The van der Waals surface area contributed by atoms with Crippen LogP contribution in [0.3, 0.4) is 0 Å². The van der Waals surface area contributed by atoms with Crippen molar-refractivity contribution in [1.82, 2.24) is 0 Å². The Hall–Kier alpha value is -3.34. The van der Waals surface area contributed by atoms with Crippen molar-refractivity contribution < 1.29 is 18.9 Å². The van der Waals surface area contributed by atoms with Crippen LogP contribution < -0.4 is 24.7 Å². The van der Waals surface area contributed by atoms with Crippen LogP contribution in [0.4, 0.5) is 0 Å². The molecule has 32 heavy (non-hydrogen) atoms. The molecule has 2 aliphatic heterocycles. The van der Waals surface area contributed by atoms with Gasteiger partial charge in [-0.15, -0.1) is 0 Å². The van der Waals surface area contributed by atoms with E-state index in [-0.39, 0.29) is 12.7 Å². The van der Waals surface area contributed by atoms with Gasteiger partial charge in [0.05, 0.1) is 10.9 Å². The van der Waals surface area contributed by atoms with Crippen molar-refractivity contribution in [1.29, 1.82) is 5.26 Å². The van der Waals surface area contributed by atoms with E-state index in [0.717, 1.165) is 21.2 Å². The van der Waals surface area contributed by atoms with Crippen LogP contribution in [0.25, 0.3) is 0 Å². The molecule has 0 aromatic heterocycles. The maximum Gasteiger partial charge on any atom is 0.231 e. The average Bonchev–Trinajstić information content (AvgIpc) is 3.24. The molecule has 0 spiro atoms. The molecule has 2 heterocycles. The molecule has 0 radical (unpaired) electrons. The second kappa shape index (κ2) is 8.30. The highest BCUT2D eigenvalue weighted by Crippen LogP contribution is 2.48. The zero-order valence-electron chi connectivity index (χ0n) is 16.6. The molecular weight excluding hydrogens is 496 g/mol. The lowest BCUT2D eigenvalue weighted by molar-refractivity contribution is 0.174. The lowest BCUT2D eigenvalue weighted by Crippen LogP contribution is -2.21. The molecular formula is C24H16BrClN2O4. The van der Waals surface area contributed by atoms with Crippen LogP contribution in [-0.4, -0.2) is 6.79 Å². The summed E-state index contributed by atoms with van der Waals surface area (Å²) in [5.74, 6) is 1.82. The highest BCUT2D eigenvalue weighted by molar-refractivity contribution is 9.10. The molecule has 1 atom stereocenters. The highest BCUT2D eigenvalue weighted by atomic mass is 79.9. The lowest BCUT2D eigenvalue weighted by atomic mass is 9.83. The van der Waals surface area contributed by atoms with Crippen molar-refractivity contribution in [3.05, 3.63) is 92.2 Å². The smallest absolute Gasteiger partial charge is 0.231 e. The number of ether oxygens (including phenoxy) is 4. The van der Waals surface area contributed by atoms with Crippen LogP contribution in [-0.2, 0) is 6.61 Å². The minimum Gasteiger partial charge on any atom is -0.487 e. The second-order valence-electron chi connectivity index (χ2n) is 7.27. The van der Waals surface area contributed by atoms with Gasteiger partial charge in [-0.1, -0.05) is 45.7 Å². The van der Waals surface area contributed by atoms with Crippen LogP contribution in [0, 0.1) is 11.3 Å². The van der Waals surface area contributed by atoms with E-state index in [4.69, 9.17) is 36.3 Å². The third-order valence-corrected chi connectivity index (χ3v) is 6.13. The molecule has 160 valence electrons. The summed E-state index contributed by atoms with van der Waals surface area (Å²) in [6, 6.07) is 19.0. The molecule has 8 heteroatoms. The summed E-state index contributed by atoms with van der Waals surface area (Å²) in [4.78, 5) is 0. The Labute approximate surface area is 197 Å². The largest absolute Gasteiger partial charge is 0.487 e. The first-order valence-electron chi connectivity index (χ1n) is 9.71. The van der Waals surface area contributed by atoms with Crippen molar-refractivity contribution in [3.63, 3.8) is 0 Å². The Morgan fingerprint density at radius 1 is 1.06 bits per heavy atom. The van der Waals surface area contributed by atoms with Crippen LogP contribution in [0.2, 0.25) is 5.02 Å². The number of hydrogen-bond acceptors (Lipinski definition) is 6. The van der Waals surface area contributed by atoms with Gasteiger partial charge in [-0.3, -0.25) is 0 Å². The fraction of sp³-hybridized carbons (Fsp3) is 0.125. The van der Waals surface area contributed by atoms with Crippen LogP contribution in [0.5, 0.6) is 23.0 Å². The number of allylic oxidation sites excluding steroid dienone is 1. The van der Waals surface area contributed by atoms with Gasteiger partial charge in [0.1, 0.15) is 29.7 Å². The maximum absolute atomic E-state index is 9.78. The summed E-state index contributed by atoms with van der Waals surface area (Å²) in [7, 11) is 0. The highest BCUT2D eigenvalue weighted by Gasteiger charge is 2.33. The van der Waals surface area contributed by atoms with E-state index in [1.54, 1.807) is 18.2 Å². The SMILES string of the molecule is N#CC1=C(N)Oc2cc3c(cc2[C@@H]1c1ccc(OCc2ccc(Br)cc2)c(Cl)c1)OCO3. The molecule has 0 saturated carbocycles. The Morgan fingerprint density at radius 3 is 2.53 bits per heavy atom. The molecule has 5 rings (SSSR count). The molecule has 3 aromatic carbocycles. The molecule has 0 fully saturated rings. The predicted molar refractivity (Wildman–Crippen MR) is 122 cm³/mol. The van der Waals surface area contributed by atoms with Gasteiger partial charge in [0.15, 0.2) is 11.5 Å². The molecule has 2 aliphatic rings. The summed E-state index contributed by atoms with van der Waals surface area (Å²) in [6.45, 7) is 0.513. The number of fused-ring (bicyclic) bond motifs is 2. The Bertz CT molecular complexity index is 1280. The van der Waals surface area contributed by atoms with Gasteiger partial charge in [0.25, 0.3) is 0 Å². The molecule has 3 aromatic rings. The van der Waals surface area contributed by atoms with E-state index >= 15 is 0 Å². The van der Waals surface area contributed by atoms with Gasteiger partial charge in [-0.05, 0) is 41.5 Å². The van der Waals surface area contributed by atoms with E-state index in [9.17, 15) is 5.26 Å². The lowest BCUT2D eigenvalue weighted by Gasteiger charge is -2.27. The van der Waals surface area contributed by atoms with E-state index < -0.39 is 5.92 Å². The standard InChI is InChI=1S/C24H16BrClN2O4/c25-15-4-1-13(2-5-15)11-29-19-6-3-14(7-18(19)26)23-16-8-21-22(31-12-30-21)9-20(16)32-24(28)17(23)10-27/h1-9,23H,11-12,28H2/t23-/m0/s1. The number of rotatable bonds is 4. The molecule has 0 saturated heterocycles. The first-order chi connectivity index (χ1) is 15.5. The topological polar surface area (TPSA) is 86.7 Å². The molecule has 0 amide bonds. The summed E-state index contributed by atoms with van der Waals surface area (Å²) >= 11 is 9.97. The minimum atomic E-state index is -0.462. The Kier molecular flexibility index (Phi) is 5.33. The number of nitrogens with two attached hydrogens (primary N) is 1. The van der Waals surface area contributed by atoms with Gasteiger partial charge >= 0.3 is 0 Å². The molecule has 0 unspecified atom stereocenters. The van der Waals surface area contributed by atoms with Gasteiger partial charge < -0.3 is 24.7 Å². The molecule has 0 bridgehead atoms. The Balaban J connectivity index is 1.48. The number of halogens is 2. The van der Waals surface area contributed by atoms with Crippen LogP contribution >= 0.6 is 27.5 Å². The monoisotopic (exact) mass is 510 g/mol. The number of nitrogens with zero attached hydrogens (tertiary/aromatic N) is 1. The zero-order valence-corrected chi connectivity index (χ0v) is 18.9. The molecule has 6 nitrogen and oxygen atoms in total. The van der Waals surface area contributed by atoms with Crippen LogP contribution in [0.15, 0.2) is 70.5 Å². The van der Waals surface area contributed by atoms with Crippen molar-refractivity contribution >= 4 is 27.5 Å². The molecule has 2 N–H and O–H groups in total. The fourth-order valence-electron chi connectivity index (χ4n) is 3.75. The molecule has 0 aliphatic carbocycles. The van der Waals surface area contributed by atoms with Gasteiger partial charge in [-0.2, -0.15) is 5.26 Å². The van der Waals surface area contributed by atoms with Gasteiger partial charge in [0, 0.05) is 16.1 Å². The quantitative estimate of drug-likeness (QED) is 0.489. The van der Waals surface area contributed by atoms with Gasteiger partial charge in [0.2, 0.25) is 12.7 Å². The normalized spacial score (nSPS) is 16.2. The predicted octanol–water partition coefficient (Wildman–Crippen LogP) is 5.63. The van der Waals surface area contributed by atoms with E-state index in [1.807, 2.05) is 36.4 Å². The number of nitriles is 1. The zero-order chi connectivity index (χ0) is 22.2. The average molecular weight is 512 g/mol. The number of benzene rings is 3. The Morgan fingerprint density at radius 2 is 1.81 bits per heavy atom. The van der Waals surface area contributed by atoms with Crippen molar-refractivity contribution in [2.45, 2.75) is 12.5 Å². The van der Waals surface area contributed by atoms with E-state index in [1.165, 1.54) is 0 Å². The van der Waals surface area contributed by atoms with Crippen LogP contribution in [0.1, 0.15) is 22.6 Å².